The van der Waals surface area contributed by atoms with Crippen molar-refractivity contribution in [3.63, 3.8) is 0 Å². The molecule has 132 valence electrons. The van der Waals surface area contributed by atoms with Crippen molar-refractivity contribution in [3.8, 4) is 0 Å². The number of cyclic esters (lactones) is 1. The molecule has 6 nitrogen and oxygen atoms in total. The maximum atomic E-state index is 12.9. The van der Waals surface area contributed by atoms with Gasteiger partial charge in [-0.3, -0.25) is 4.57 Å². The van der Waals surface area contributed by atoms with Crippen molar-refractivity contribution in [1.82, 2.24) is 14.3 Å². The van der Waals surface area contributed by atoms with Crippen LogP contribution in [0.4, 0.5) is 0 Å². The Morgan fingerprint density at radius 1 is 1.24 bits per heavy atom. The first kappa shape index (κ1) is 16.7. The van der Waals surface area contributed by atoms with E-state index in [9.17, 15) is 9.59 Å². The minimum atomic E-state index is -0.594. The van der Waals surface area contributed by atoms with Gasteiger partial charge >= 0.3 is 11.7 Å². The van der Waals surface area contributed by atoms with Crippen LogP contribution in [0.3, 0.4) is 0 Å². The summed E-state index contributed by atoms with van der Waals surface area (Å²) in [4.78, 5) is 25.2. The quantitative estimate of drug-likeness (QED) is 0.750. The fraction of sp³-hybridized carbons (Fsp3) is 0.471. The van der Waals surface area contributed by atoms with Gasteiger partial charge in [-0.25, -0.2) is 14.3 Å². The van der Waals surface area contributed by atoms with Crippen LogP contribution >= 0.6 is 23.2 Å². The molecule has 0 saturated carbocycles. The Morgan fingerprint density at radius 2 is 1.92 bits per heavy atom. The molecule has 3 heterocycles. The van der Waals surface area contributed by atoms with Gasteiger partial charge < -0.3 is 4.74 Å². The summed E-state index contributed by atoms with van der Waals surface area (Å²) in [6, 6.07) is 4.53. The Bertz CT molecular complexity index is 911. The SMILES string of the molecule is CC1(C)OC(=O)C2C1CCc1nn(Cc3cc(Cl)cc(Cl)c3)c(=O)n12. The summed E-state index contributed by atoms with van der Waals surface area (Å²) in [7, 11) is 0. The molecule has 2 unspecified atom stereocenters. The zero-order chi connectivity index (χ0) is 17.9. The fourth-order valence-electron chi connectivity index (χ4n) is 3.91. The minimum Gasteiger partial charge on any atom is -0.458 e. The van der Waals surface area contributed by atoms with Crippen LogP contribution in [0.5, 0.6) is 0 Å². The topological polar surface area (TPSA) is 66.1 Å². The van der Waals surface area contributed by atoms with Gasteiger partial charge in [0.2, 0.25) is 0 Å². The zero-order valence-corrected chi connectivity index (χ0v) is 15.3. The number of ether oxygens (including phenoxy) is 1. The average Bonchev–Trinajstić information content (AvgIpc) is 2.93. The first-order valence-electron chi connectivity index (χ1n) is 8.12. The summed E-state index contributed by atoms with van der Waals surface area (Å²) in [5.74, 6) is 0.237. The highest BCUT2D eigenvalue weighted by Crippen LogP contribution is 2.44. The van der Waals surface area contributed by atoms with Crippen LogP contribution in [-0.2, 0) is 22.5 Å². The second-order valence-electron chi connectivity index (χ2n) is 7.12. The van der Waals surface area contributed by atoms with E-state index in [4.69, 9.17) is 27.9 Å². The van der Waals surface area contributed by atoms with Gasteiger partial charge in [0.1, 0.15) is 17.5 Å². The maximum Gasteiger partial charge on any atom is 0.347 e. The molecular formula is C17H17Cl2N3O3. The van der Waals surface area contributed by atoms with E-state index >= 15 is 0 Å². The summed E-state index contributed by atoms with van der Waals surface area (Å²) < 4.78 is 8.35. The van der Waals surface area contributed by atoms with Crippen LogP contribution in [0.25, 0.3) is 0 Å². The van der Waals surface area contributed by atoms with Gasteiger partial charge in [-0.05, 0) is 44.0 Å². The molecule has 25 heavy (non-hydrogen) atoms. The van der Waals surface area contributed by atoms with Crippen molar-refractivity contribution in [3.05, 3.63) is 50.1 Å². The highest BCUT2D eigenvalue weighted by atomic mass is 35.5. The Kier molecular flexibility index (Phi) is 3.74. The standard InChI is InChI=1S/C17H17Cl2N3O3/c1-17(2)12-3-4-13-20-21(8-9-5-10(18)7-11(19)6-9)16(24)22(13)14(12)15(23)25-17/h5-7,12,14H,3-4,8H2,1-2H3. The van der Waals surface area contributed by atoms with Crippen LogP contribution < -0.4 is 5.69 Å². The van der Waals surface area contributed by atoms with Gasteiger partial charge in [0.05, 0.1) is 6.54 Å². The van der Waals surface area contributed by atoms with Crippen LogP contribution in [-0.4, -0.2) is 25.9 Å². The van der Waals surface area contributed by atoms with Gasteiger partial charge in [0.25, 0.3) is 0 Å². The van der Waals surface area contributed by atoms with E-state index in [-0.39, 0.29) is 24.1 Å². The average molecular weight is 382 g/mol. The summed E-state index contributed by atoms with van der Waals surface area (Å²) >= 11 is 12.0. The molecule has 0 N–H and O–H groups in total. The molecule has 1 aromatic carbocycles. The molecule has 2 aliphatic heterocycles. The third kappa shape index (κ3) is 2.68. The lowest BCUT2D eigenvalue weighted by molar-refractivity contribution is -0.148. The normalized spacial score (nSPS) is 23.9. The number of nitrogens with zero attached hydrogens (tertiary/aromatic N) is 3. The molecule has 2 aromatic rings. The number of rotatable bonds is 2. The summed E-state index contributed by atoms with van der Waals surface area (Å²) in [6.45, 7) is 4.03. The molecule has 0 spiro atoms. The van der Waals surface area contributed by atoms with Gasteiger partial charge in [-0.15, -0.1) is 0 Å². The molecule has 0 radical (unpaired) electrons. The molecule has 8 heteroatoms. The Balaban J connectivity index is 1.74. The first-order valence-corrected chi connectivity index (χ1v) is 8.88. The monoisotopic (exact) mass is 381 g/mol. The lowest BCUT2D eigenvalue weighted by atomic mass is 9.81. The lowest BCUT2D eigenvalue weighted by Crippen LogP contribution is -2.39. The number of carbonyl (C=O) groups is 1. The van der Waals surface area contributed by atoms with E-state index in [0.717, 1.165) is 12.0 Å². The lowest BCUT2D eigenvalue weighted by Gasteiger charge is -2.29. The van der Waals surface area contributed by atoms with Crippen LogP contribution in [0.1, 0.15) is 37.7 Å². The smallest absolute Gasteiger partial charge is 0.347 e. The number of benzene rings is 1. The highest BCUT2D eigenvalue weighted by Gasteiger charge is 2.53. The number of hydrogen-bond acceptors (Lipinski definition) is 4. The van der Waals surface area contributed by atoms with Crippen molar-refractivity contribution in [1.29, 1.82) is 0 Å². The van der Waals surface area contributed by atoms with Crippen LogP contribution in [0.15, 0.2) is 23.0 Å². The zero-order valence-electron chi connectivity index (χ0n) is 13.8. The maximum absolute atomic E-state index is 12.9. The van der Waals surface area contributed by atoms with E-state index in [0.29, 0.717) is 22.3 Å². The predicted molar refractivity (Wildman–Crippen MR) is 93.1 cm³/mol. The Hall–Kier alpha value is -1.79. The predicted octanol–water partition coefficient (Wildman–Crippen LogP) is 2.84. The van der Waals surface area contributed by atoms with E-state index in [2.05, 4.69) is 5.10 Å². The molecule has 2 atom stereocenters. The number of fused-ring (bicyclic) bond motifs is 3. The third-order valence-corrected chi connectivity index (χ3v) is 5.47. The third-order valence-electron chi connectivity index (χ3n) is 5.03. The minimum absolute atomic E-state index is 0.0246. The van der Waals surface area contributed by atoms with Gasteiger partial charge in [-0.2, -0.15) is 5.10 Å². The molecule has 4 rings (SSSR count). The van der Waals surface area contributed by atoms with Crippen molar-refractivity contribution < 1.29 is 9.53 Å². The van der Waals surface area contributed by atoms with Gasteiger partial charge in [0, 0.05) is 22.4 Å². The second kappa shape index (κ2) is 5.61. The van der Waals surface area contributed by atoms with Crippen LogP contribution in [0, 0.1) is 5.92 Å². The fourth-order valence-corrected chi connectivity index (χ4v) is 4.48. The molecular weight excluding hydrogens is 365 g/mol. The number of aryl methyl sites for hydroxylation is 1. The molecule has 0 amide bonds. The van der Waals surface area contributed by atoms with Crippen molar-refractivity contribution in [2.24, 2.45) is 5.92 Å². The number of carbonyl (C=O) groups excluding carboxylic acids is 1. The Morgan fingerprint density at radius 3 is 2.60 bits per heavy atom. The molecule has 0 aliphatic carbocycles. The highest BCUT2D eigenvalue weighted by molar-refractivity contribution is 6.34. The molecule has 1 fully saturated rings. The number of halogens is 2. The Labute approximate surface area is 154 Å². The summed E-state index contributed by atoms with van der Waals surface area (Å²) in [5.41, 5.74) is -0.0991. The van der Waals surface area contributed by atoms with Crippen molar-refractivity contribution in [2.45, 2.75) is 44.9 Å². The van der Waals surface area contributed by atoms with E-state index in [1.165, 1.54) is 9.25 Å². The van der Waals surface area contributed by atoms with E-state index in [1.807, 2.05) is 13.8 Å². The van der Waals surface area contributed by atoms with Crippen LogP contribution in [0.2, 0.25) is 10.0 Å². The molecule has 1 aromatic heterocycles. The van der Waals surface area contributed by atoms with Gasteiger partial charge in [-0.1, -0.05) is 23.2 Å². The number of aromatic nitrogens is 3. The number of hydrogen-bond donors (Lipinski definition) is 0. The first-order chi connectivity index (χ1) is 11.8. The summed E-state index contributed by atoms with van der Waals surface area (Å²) in [6.07, 6.45) is 1.41. The van der Waals surface area contributed by atoms with Crippen molar-refractivity contribution in [2.75, 3.05) is 0 Å². The molecule has 0 bridgehead atoms. The van der Waals surface area contributed by atoms with Crippen molar-refractivity contribution >= 4 is 29.2 Å². The second-order valence-corrected chi connectivity index (χ2v) is 7.99. The largest absolute Gasteiger partial charge is 0.458 e. The summed E-state index contributed by atoms with van der Waals surface area (Å²) in [5, 5.41) is 5.42. The number of esters is 1. The van der Waals surface area contributed by atoms with E-state index in [1.54, 1.807) is 18.2 Å². The molecule has 2 aliphatic rings. The van der Waals surface area contributed by atoms with E-state index < -0.39 is 11.6 Å². The van der Waals surface area contributed by atoms with Gasteiger partial charge in [0.15, 0.2) is 0 Å². The molecule has 1 saturated heterocycles.